The number of benzene rings is 2. The number of nitrogens with zero attached hydrogens (tertiary/aromatic N) is 2. The smallest absolute Gasteiger partial charge is 0.340 e. The number of rotatable bonds is 4. The third-order valence-corrected chi connectivity index (χ3v) is 7.28. The normalized spacial score (nSPS) is 15.2. The van der Waals surface area contributed by atoms with Crippen LogP contribution in [0.5, 0.6) is 0 Å². The lowest BCUT2D eigenvalue weighted by Crippen LogP contribution is -2.40. The zero-order valence-electron chi connectivity index (χ0n) is 17.2. The third-order valence-electron chi connectivity index (χ3n) is 5.38. The van der Waals surface area contributed by atoms with Gasteiger partial charge in [-0.3, -0.25) is 9.36 Å². The van der Waals surface area contributed by atoms with Crippen molar-refractivity contribution in [2.45, 2.75) is 11.8 Å². The van der Waals surface area contributed by atoms with Crippen LogP contribution in [0, 0.1) is 6.92 Å². The average Bonchev–Trinajstić information content (AvgIpc) is 3.18. The van der Waals surface area contributed by atoms with Gasteiger partial charge in [-0.15, -0.1) is 0 Å². The molecule has 4 rings (SSSR count). The molecule has 1 aliphatic heterocycles. The molecule has 0 N–H and O–H groups in total. The minimum absolute atomic E-state index is 0.0491. The van der Waals surface area contributed by atoms with Gasteiger partial charge < -0.3 is 9.47 Å². The maximum absolute atomic E-state index is 13.4. The van der Waals surface area contributed by atoms with Crippen LogP contribution in [0.1, 0.15) is 26.3 Å². The van der Waals surface area contributed by atoms with Gasteiger partial charge in [0.1, 0.15) is 0 Å². The lowest BCUT2D eigenvalue weighted by molar-refractivity contribution is 0.0603. The number of esters is 1. The summed E-state index contributed by atoms with van der Waals surface area (Å²) in [5.41, 5.74) is 1.67. The van der Waals surface area contributed by atoms with Gasteiger partial charge in [0, 0.05) is 30.2 Å². The Morgan fingerprint density at radius 1 is 1.03 bits per heavy atom. The van der Waals surface area contributed by atoms with E-state index in [9.17, 15) is 18.0 Å². The molecule has 2 aromatic carbocycles. The van der Waals surface area contributed by atoms with Crippen LogP contribution in [0.2, 0.25) is 0 Å². The Labute approximate surface area is 180 Å². The molecule has 0 aliphatic carbocycles. The van der Waals surface area contributed by atoms with E-state index in [0.717, 1.165) is 0 Å². The van der Waals surface area contributed by atoms with Crippen molar-refractivity contribution in [1.82, 2.24) is 8.87 Å². The Balaban J connectivity index is 1.80. The van der Waals surface area contributed by atoms with E-state index in [1.807, 2.05) is 0 Å². The number of carbonyl (C=O) groups excluding carboxylic acids is 2. The summed E-state index contributed by atoms with van der Waals surface area (Å²) in [6.45, 7) is 2.95. The van der Waals surface area contributed by atoms with Gasteiger partial charge in [-0.1, -0.05) is 24.3 Å². The van der Waals surface area contributed by atoms with Gasteiger partial charge in [-0.25, -0.2) is 13.2 Å². The zero-order valence-corrected chi connectivity index (χ0v) is 18.0. The van der Waals surface area contributed by atoms with E-state index in [4.69, 9.17) is 9.47 Å². The number of fused-ring (bicyclic) bond motifs is 1. The van der Waals surface area contributed by atoms with Crippen LogP contribution in [0.25, 0.3) is 10.9 Å². The summed E-state index contributed by atoms with van der Waals surface area (Å²) in [7, 11) is -2.48. The second-order valence-electron chi connectivity index (χ2n) is 7.22. The molecule has 1 saturated heterocycles. The molecule has 0 spiro atoms. The molecule has 162 valence electrons. The highest BCUT2D eigenvalue weighted by atomic mass is 32.2. The monoisotopic (exact) mass is 442 g/mol. The van der Waals surface area contributed by atoms with Crippen molar-refractivity contribution in [1.29, 1.82) is 0 Å². The van der Waals surface area contributed by atoms with Crippen molar-refractivity contribution in [2.24, 2.45) is 0 Å². The largest absolute Gasteiger partial charge is 0.465 e. The summed E-state index contributed by atoms with van der Waals surface area (Å²) in [6, 6.07) is 11.5. The number of aromatic nitrogens is 1. The van der Waals surface area contributed by atoms with Gasteiger partial charge in [0.2, 0.25) is 10.0 Å². The van der Waals surface area contributed by atoms with Gasteiger partial charge in [0.25, 0.3) is 5.91 Å². The van der Waals surface area contributed by atoms with Gasteiger partial charge in [-0.2, -0.15) is 4.31 Å². The number of para-hydroxylation sites is 1. The van der Waals surface area contributed by atoms with Crippen molar-refractivity contribution in [3.63, 3.8) is 0 Å². The van der Waals surface area contributed by atoms with Crippen molar-refractivity contribution >= 4 is 32.8 Å². The zero-order chi connectivity index (χ0) is 22.2. The molecule has 1 aromatic heterocycles. The first kappa shape index (κ1) is 21.2. The van der Waals surface area contributed by atoms with E-state index in [0.29, 0.717) is 29.7 Å². The van der Waals surface area contributed by atoms with E-state index in [2.05, 4.69) is 0 Å². The Hall–Kier alpha value is -3.01. The standard InChI is InChI=1S/C22H22N2O6S/c1-15-7-8-16(31(27,28)23-9-11-30-12-10-23)13-18(15)21(25)24-14-19(22(26)29-2)17-5-3-4-6-20(17)24/h3-8,13-14H,9-12H2,1-2H3. The molecule has 3 aromatic rings. The molecule has 0 saturated carbocycles. The van der Waals surface area contributed by atoms with Crippen LogP contribution >= 0.6 is 0 Å². The molecule has 2 heterocycles. The lowest BCUT2D eigenvalue weighted by atomic mass is 10.1. The third kappa shape index (κ3) is 3.76. The molecule has 8 nitrogen and oxygen atoms in total. The number of methoxy groups -OCH3 is 1. The first-order chi connectivity index (χ1) is 14.8. The number of carbonyl (C=O) groups is 2. The molecule has 31 heavy (non-hydrogen) atoms. The maximum Gasteiger partial charge on any atom is 0.340 e. The van der Waals surface area contributed by atoms with Crippen molar-refractivity contribution in [2.75, 3.05) is 33.4 Å². The van der Waals surface area contributed by atoms with E-state index in [-0.39, 0.29) is 29.1 Å². The summed E-state index contributed by atoms with van der Waals surface area (Å²) in [4.78, 5) is 25.7. The van der Waals surface area contributed by atoms with Crippen LogP contribution < -0.4 is 0 Å². The second kappa shape index (κ2) is 8.26. The van der Waals surface area contributed by atoms with E-state index >= 15 is 0 Å². The number of hydrogen-bond acceptors (Lipinski definition) is 6. The fourth-order valence-electron chi connectivity index (χ4n) is 3.68. The van der Waals surface area contributed by atoms with Crippen molar-refractivity contribution in [3.05, 3.63) is 65.4 Å². The van der Waals surface area contributed by atoms with Crippen molar-refractivity contribution in [3.8, 4) is 0 Å². The molecule has 0 unspecified atom stereocenters. The highest BCUT2D eigenvalue weighted by Crippen LogP contribution is 2.26. The molecule has 0 bridgehead atoms. The van der Waals surface area contributed by atoms with E-state index < -0.39 is 21.9 Å². The molecule has 0 amide bonds. The van der Waals surface area contributed by atoms with Crippen LogP contribution in [-0.4, -0.2) is 62.6 Å². The minimum Gasteiger partial charge on any atom is -0.465 e. The summed E-state index contributed by atoms with van der Waals surface area (Å²) in [5.74, 6) is -0.981. The predicted octanol–water partition coefficient (Wildman–Crippen LogP) is 2.45. The fraction of sp³-hybridized carbons (Fsp3) is 0.273. The maximum atomic E-state index is 13.4. The fourth-order valence-corrected chi connectivity index (χ4v) is 5.11. The second-order valence-corrected chi connectivity index (χ2v) is 9.16. The molecule has 0 atom stereocenters. The Kier molecular flexibility index (Phi) is 5.65. The van der Waals surface area contributed by atoms with E-state index in [1.165, 1.54) is 34.3 Å². The number of ether oxygens (including phenoxy) is 2. The molecule has 1 aliphatic rings. The summed E-state index contributed by atoms with van der Waals surface area (Å²) in [6.07, 6.45) is 1.43. The first-order valence-electron chi connectivity index (χ1n) is 9.76. The summed E-state index contributed by atoms with van der Waals surface area (Å²) >= 11 is 0. The SMILES string of the molecule is COC(=O)c1cn(C(=O)c2cc(S(=O)(=O)N3CCOCC3)ccc2C)c2ccccc12. The van der Waals surface area contributed by atoms with E-state index in [1.54, 1.807) is 37.3 Å². The summed E-state index contributed by atoms with van der Waals surface area (Å²) in [5, 5.41) is 0.581. The number of sulfonamides is 1. The van der Waals surface area contributed by atoms with Crippen LogP contribution in [0.4, 0.5) is 0 Å². The molecular formula is C22H22N2O6S. The molecular weight excluding hydrogens is 420 g/mol. The van der Waals surface area contributed by atoms with Gasteiger partial charge in [-0.05, 0) is 30.7 Å². The Morgan fingerprint density at radius 3 is 2.45 bits per heavy atom. The van der Waals surface area contributed by atoms with Gasteiger partial charge in [0.05, 0.1) is 36.3 Å². The highest BCUT2D eigenvalue weighted by molar-refractivity contribution is 7.89. The summed E-state index contributed by atoms with van der Waals surface area (Å²) < 4.78 is 38.9. The molecule has 9 heteroatoms. The van der Waals surface area contributed by atoms with Crippen molar-refractivity contribution < 1.29 is 27.5 Å². The van der Waals surface area contributed by atoms with Gasteiger partial charge in [0.15, 0.2) is 0 Å². The van der Waals surface area contributed by atoms with Crippen LogP contribution in [0.15, 0.2) is 53.6 Å². The van der Waals surface area contributed by atoms with Crippen LogP contribution in [0.3, 0.4) is 0 Å². The van der Waals surface area contributed by atoms with Crippen LogP contribution in [-0.2, 0) is 19.5 Å². The molecule has 0 radical (unpaired) electrons. The number of morpholine rings is 1. The predicted molar refractivity (Wildman–Crippen MR) is 114 cm³/mol. The quantitative estimate of drug-likeness (QED) is 0.576. The first-order valence-corrected chi connectivity index (χ1v) is 11.2. The topological polar surface area (TPSA) is 94.9 Å². The number of aryl methyl sites for hydroxylation is 1. The Bertz CT molecular complexity index is 1270. The molecule has 1 fully saturated rings. The average molecular weight is 442 g/mol. The van der Waals surface area contributed by atoms with Gasteiger partial charge >= 0.3 is 5.97 Å². The number of hydrogen-bond donors (Lipinski definition) is 0. The lowest BCUT2D eigenvalue weighted by Gasteiger charge is -2.26. The highest BCUT2D eigenvalue weighted by Gasteiger charge is 2.28. The Morgan fingerprint density at radius 2 is 1.74 bits per heavy atom. The minimum atomic E-state index is -3.75.